The number of hydrogen-bond donors (Lipinski definition) is 1. The number of methoxy groups -OCH3 is 1. The maximum Gasteiger partial charge on any atom is 0.225 e. The molecule has 5 nitrogen and oxygen atoms in total. The van der Waals surface area contributed by atoms with E-state index in [1.807, 2.05) is 25.1 Å². The zero-order valence-corrected chi connectivity index (χ0v) is 19.2. The summed E-state index contributed by atoms with van der Waals surface area (Å²) in [6, 6.07) is 14.2. The van der Waals surface area contributed by atoms with Crippen LogP contribution in [0.4, 0.5) is 0 Å². The number of carbonyl (C=O) groups is 2. The molecule has 0 bridgehead atoms. The number of Topliss-reactive ketones (excluding diaryl/α,β-unsaturated/α-hetero) is 1. The lowest BCUT2D eigenvalue weighted by molar-refractivity contribution is -0.122. The summed E-state index contributed by atoms with van der Waals surface area (Å²) in [5, 5.41) is 3.00. The summed E-state index contributed by atoms with van der Waals surface area (Å²) in [6.45, 7) is 6.80. The van der Waals surface area contributed by atoms with Crippen LogP contribution in [-0.4, -0.2) is 25.4 Å². The molecule has 2 atom stereocenters. The molecule has 1 aliphatic carbocycles. The molecule has 0 aromatic heterocycles. The van der Waals surface area contributed by atoms with Gasteiger partial charge in [-0.1, -0.05) is 44.2 Å². The molecule has 2 aromatic carbocycles. The molecular formula is C27H31NO4. The number of hydrogen-bond acceptors (Lipinski definition) is 4. The summed E-state index contributed by atoms with van der Waals surface area (Å²) < 4.78 is 11.1. The lowest BCUT2D eigenvalue weighted by atomic mass is 9.73. The third-order valence-electron chi connectivity index (χ3n) is 6.50. The van der Waals surface area contributed by atoms with Crippen LogP contribution >= 0.6 is 0 Å². The van der Waals surface area contributed by atoms with E-state index in [4.69, 9.17) is 9.47 Å². The highest BCUT2D eigenvalue weighted by atomic mass is 16.5. The fourth-order valence-corrected chi connectivity index (χ4v) is 4.81. The van der Waals surface area contributed by atoms with Gasteiger partial charge in [0.05, 0.1) is 13.7 Å². The van der Waals surface area contributed by atoms with Gasteiger partial charge >= 0.3 is 0 Å². The van der Waals surface area contributed by atoms with E-state index in [1.54, 1.807) is 7.11 Å². The van der Waals surface area contributed by atoms with Crippen LogP contribution < -0.4 is 14.8 Å². The highest BCUT2D eigenvalue weighted by molar-refractivity contribution is 6.02. The summed E-state index contributed by atoms with van der Waals surface area (Å²) in [7, 11) is 1.62. The van der Waals surface area contributed by atoms with E-state index in [-0.39, 0.29) is 23.5 Å². The molecule has 1 heterocycles. The van der Waals surface area contributed by atoms with E-state index in [0.717, 1.165) is 22.4 Å². The van der Waals surface area contributed by atoms with Crippen LogP contribution in [0, 0.1) is 0 Å². The second-order valence-electron chi connectivity index (χ2n) is 8.89. The Labute approximate surface area is 189 Å². The van der Waals surface area contributed by atoms with Gasteiger partial charge in [0.2, 0.25) is 5.91 Å². The lowest BCUT2D eigenvalue weighted by Gasteiger charge is -2.34. The van der Waals surface area contributed by atoms with Crippen LogP contribution in [0.5, 0.6) is 11.5 Å². The summed E-state index contributed by atoms with van der Waals surface area (Å²) >= 11 is 0. The van der Waals surface area contributed by atoms with Gasteiger partial charge in [-0.3, -0.25) is 9.59 Å². The molecule has 0 saturated heterocycles. The number of carbonyl (C=O) groups excluding carboxylic acids is 2. The molecule has 1 amide bonds. The SMILES string of the molecule is CCOc1ccc([C@@H]2CC(=O)C3=C(C2)NC(=O)C[C@H]3c2ccc(C(C)C)cc2)cc1OC. The number of ether oxygens (including phenoxy) is 2. The van der Waals surface area contributed by atoms with Crippen molar-refractivity contribution in [2.45, 2.75) is 57.8 Å². The standard InChI is InChI=1S/C27H31NO4/c1-5-32-24-11-10-19(14-25(24)31-4)20-12-22-27(23(29)13-20)21(15-26(30)28-22)18-8-6-17(7-9-18)16(2)3/h6-11,14,16,20-21H,5,12-13,15H2,1-4H3,(H,28,30)/t20-,21-/m0/s1. The molecule has 2 aromatic rings. The van der Waals surface area contributed by atoms with Crippen molar-refractivity contribution >= 4 is 11.7 Å². The van der Waals surface area contributed by atoms with Gasteiger partial charge in [-0.25, -0.2) is 0 Å². The third-order valence-corrected chi connectivity index (χ3v) is 6.50. The zero-order chi connectivity index (χ0) is 22.8. The third kappa shape index (κ3) is 4.29. The van der Waals surface area contributed by atoms with Gasteiger partial charge in [0, 0.05) is 30.0 Å². The first-order chi connectivity index (χ1) is 15.4. The minimum Gasteiger partial charge on any atom is -0.493 e. The van der Waals surface area contributed by atoms with Crippen molar-refractivity contribution in [3.63, 3.8) is 0 Å². The van der Waals surface area contributed by atoms with Crippen molar-refractivity contribution in [1.82, 2.24) is 5.32 Å². The van der Waals surface area contributed by atoms with Crippen LogP contribution in [-0.2, 0) is 9.59 Å². The molecule has 5 heteroatoms. The second-order valence-corrected chi connectivity index (χ2v) is 8.89. The van der Waals surface area contributed by atoms with Crippen molar-refractivity contribution in [2.24, 2.45) is 0 Å². The van der Waals surface area contributed by atoms with E-state index in [0.29, 0.717) is 43.3 Å². The summed E-state index contributed by atoms with van der Waals surface area (Å²) in [6.07, 6.45) is 1.37. The monoisotopic (exact) mass is 433 g/mol. The molecule has 0 spiro atoms. The average Bonchev–Trinajstić information content (AvgIpc) is 2.78. The Morgan fingerprint density at radius 1 is 0.969 bits per heavy atom. The number of amides is 1. The van der Waals surface area contributed by atoms with Crippen molar-refractivity contribution in [3.05, 3.63) is 70.4 Å². The van der Waals surface area contributed by atoms with Crippen molar-refractivity contribution in [3.8, 4) is 11.5 Å². The molecule has 0 unspecified atom stereocenters. The number of ketones is 1. The highest BCUT2D eigenvalue weighted by Crippen LogP contribution is 2.44. The first-order valence-corrected chi connectivity index (χ1v) is 11.4. The van der Waals surface area contributed by atoms with E-state index in [2.05, 4.69) is 43.4 Å². The van der Waals surface area contributed by atoms with Gasteiger partial charge in [0.25, 0.3) is 0 Å². The van der Waals surface area contributed by atoms with Crippen LogP contribution in [0.2, 0.25) is 0 Å². The van der Waals surface area contributed by atoms with Gasteiger partial charge in [0.1, 0.15) is 0 Å². The molecule has 0 radical (unpaired) electrons. The molecular weight excluding hydrogens is 402 g/mol. The highest BCUT2D eigenvalue weighted by Gasteiger charge is 2.38. The Balaban J connectivity index is 1.65. The summed E-state index contributed by atoms with van der Waals surface area (Å²) in [5.41, 5.74) is 4.85. The predicted molar refractivity (Wildman–Crippen MR) is 124 cm³/mol. The predicted octanol–water partition coefficient (Wildman–Crippen LogP) is 5.22. The Kier molecular flexibility index (Phi) is 6.35. The Bertz CT molecular complexity index is 1050. The van der Waals surface area contributed by atoms with E-state index in [1.165, 1.54) is 5.56 Å². The molecule has 4 rings (SSSR count). The average molecular weight is 434 g/mol. The van der Waals surface area contributed by atoms with Crippen LogP contribution in [0.1, 0.15) is 74.5 Å². The Morgan fingerprint density at radius 2 is 1.69 bits per heavy atom. The van der Waals surface area contributed by atoms with E-state index >= 15 is 0 Å². The van der Waals surface area contributed by atoms with Gasteiger partial charge in [-0.2, -0.15) is 0 Å². The zero-order valence-electron chi connectivity index (χ0n) is 19.2. The molecule has 0 fully saturated rings. The summed E-state index contributed by atoms with van der Waals surface area (Å²) in [5.74, 6) is 1.69. The van der Waals surface area contributed by atoms with Crippen LogP contribution in [0.3, 0.4) is 0 Å². The first kappa shape index (κ1) is 22.1. The van der Waals surface area contributed by atoms with E-state index < -0.39 is 0 Å². The summed E-state index contributed by atoms with van der Waals surface area (Å²) in [4.78, 5) is 25.9. The number of allylic oxidation sites excluding steroid dienone is 2. The van der Waals surface area contributed by atoms with Crippen molar-refractivity contribution < 1.29 is 19.1 Å². The maximum absolute atomic E-state index is 13.3. The normalized spacial score (nSPS) is 20.8. The Morgan fingerprint density at radius 3 is 2.34 bits per heavy atom. The van der Waals surface area contributed by atoms with Gasteiger partial charge < -0.3 is 14.8 Å². The molecule has 32 heavy (non-hydrogen) atoms. The van der Waals surface area contributed by atoms with Gasteiger partial charge in [-0.15, -0.1) is 0 Å². The number of nitrogens with one attached hydrogen (secondary N) is 1. The second kappa shape index (κ2) is 9.19. The van der Waals surface area contributed by atoms with Crippen LogP contribution in [0.15, 0.2) is 53.7 Å². The molecule has 1 aliphatic heterocycles. The molecule has 0 saturated carbocycles. The molecule has 2 aliphatic rings. The van der Waals surface area contributed by atoms with Gasteiger partial charge in [-0.05, 0) is 54.0 Å². The first-order valence-electron chi connectivity index (χ1n) is 11.4. The molecule has 1 N–H and O–H groups in total. The van der Waals surface area contributed by atoms with Crippen LogP contribution in [0.25, 0.3) is 0 Å². The lowest BCUT2D eigenvalue weighted by Crippen LogP contribution is -2.38. The number of rotatable bonds is 6. The van der Waals surface area contributed by atoms with E-state index in [9.17, 15) is 9.59 Å². The minimum absolute atomic E-state index is 0.00630. The quantitative estimate of drug-likeness (QED) is 0.678. The molecule has 168 valence electrons. The Hall–Kier alpha value is -3.08. The van der Waals surface area contributed by atoms with Crippen molar-refractivity contribution in [1.29, 1.82) is 0 Å². The fourth-order valence-electron chi connectivity index (χ4n) is 4.81. The topological polar surface area (TPSA) is 64.6 Å². The van der Waals surface area contributed by atoms with Crippen molar-refractivity contribution in [2.75, 3.05) is 13.7 Å². The largest absolute Gasteiger partial charge is 0.493 e. The number of benzene rings is 2. The minimum atomic E-state index is -0.178. The fraction of sp³-hybridized carbons (Fsp3) is 0.407. The maximum atomic E-state index is 13.3. The smallest absolute Gasteiger partial charge is 0.225 e. The van der Waals surface area contributed by atoms with Gasteiger partial charge in [0.15, 0.2) is 17.3 Å².